The molecule has 0 saturated heterocycles. The number of para-hydroxylation sites is 1. The molecule has 0 N–H and O–H groups in total. The molecule has 4 heteroatoms. The molecular formula is C16H18O4. The number of hydrogen-bond acceptors (Lipinski definition) is 4. The van der Waals surface area contributed by atoms with Crippen LogP contribution in [0.3, 0.4) is 0 Å². The first-order chi connectivity index (χ1) is 9.61. The minimum absolute atomic E-state index is 0.185. The van der Waals surface area contributed by atoms with Gasteiger partial charge in [-0.05, 0) is 37.6 Å². The number of benzene rings is 1. The van der Waals surface area contributed by atoms with Gasteiger partial charge in [-0.25, -0.2) is 0 Å². The van der Waals surface area contributed by atoms with Crippen LogP contribution in [0.25, 0.3) is 0 Å². The Bertz CT molecular complexity index is 586. The number of aryl methyl sites for hydroxylation is 2. The SMILES string of the molecule is COC(=O)C(COc1ccccc1C)c1ccc(C)o1. The zero-order valence-electron chi connectivity index (χ0n) is 11.9. The van der Waals surface area contributed by atoms with Gasteiger partial charge in [-0.15, -0.1) is 0 Å². The zero-order valence-corrected chi connectivity index (χ0v) is 11.9. The number of ether oxygens (including phenoxy) is 2. The van der Waals surface area contributed by atoms with Crippen molar-refractivity contribution in [1.29, 1.82) is 0 Å². The normalized spacial score (nSPS) is 11.9. The molecule has 0 bridgehead atoms. The van der Waals surface area contributed by atoms with E-state index in [1.54, 1.807) is 6.07 Å². The highest BCUT2D eigenvalue weighted by Gasteiger charge is 2.25. The van der Waals surface area contributed by atoms with Crippen molar-refractivity contribution in [3.63, 3.8) is 0 Å². The van der Waals surface area contributed by atoms with Crippen LogP contribution in [0.1, 0.15) is 23.0 Å². The first kappa shape index (κ1) is 14.2. The molecule has 0 radical (unpaired) electrons. The lowest BCUT2D eigenvalue weighted by molar-refractivity contribution is -0.143. The maximum absolute atomic E-state index is 11.9. The largest absolute Gasteiger partial charge is 0.492 e. The Kier molecular flexibility index (Phi) is 4.45. The highest BCUT2D eigenvalue weighted by atomic mass is 16.5. The van der Waals surface area contributed by atoms with E-state index in [2.05, 4.69) is 0 Å². The molecule has 20 heavy (non-hydrogen) atoms. The Balaban J connectivity index is 2.13. The van der Waals surface area contributed by atoms with Gasteiger partial charge in [0.15, 0.2) is 0 Å². The highest BCUT2D eigenvalue weighted by molar-refractivity contribution is 5.77. The second-order valence-electron chi connectivity index (χ2n) is 4.60. The van der Waals surface area contributed by atoms with Gasteiger partial charge in [0.1, 0.15) is 29.8 Å². The summed E-state index contributed by atoms with van der Waals surface area (Å²) in [5.41, 5.74) is 1.02. The van der Waals surface area contributed by atoms with Gasteiger partial charge in [0.2, 0.25) is 0 Å². The van der Waals surface area contributed by atoms with Gasteiger partial charge in [0.25, 0.3) is 0 Å². The number of furan rings is 1. The summed E-state index contributed by atoms with van der Waals surface area (Å²) in [4.78, 5) is 11.9. The molecule has 0 aliphatic rings. The fraction of sp³-hybridized carbons (Fsp3) is 0.312. The number of carbonyl (C=O) groups is 1. The summed E-state index contributed by atoms with van der Waals surface area (Å²) in [7, 11) is 1.36. The molecule has 0 spiro atoms. The summed E-state index contributed by atoms with van der Waals surface area (Å²) >= 11 is 0. The maximum atomic E-state index is 11.9. The number of esters is 1. The third-order valence-electron chi connectivity index (χ3n) is 3.09. The van der Waals surface area contributed by atoms with E-state index in [0.29, 0.717) is 5.76 Å². The summed E-state index contributed by atoms with van der Waals surface area (Å²) in [6, 6.07) is 11.3. The van der Waals surface area contributed by atoms with Crippen molar-refractivity contribution in [1.82, 2.24) is 0 Å². The van der Waals surface area contributed by atoms with Crippen LogP contribution in [0.2, 0.25) is 0 Å². The molecule has 1 atom stereocenters. The fourth-order valence-electron chi connectivity index (χ4n) is 1.94. The third-order valence-corrected chi connectivity index (χ3v) is 3.09. The molecule has 0 aliphatic heterocycles. The number of methoxy groups -OCH3 is 1. The number of hydrogen-bond donors (Lipinski definition) is 0. The predicted octanol–water partition coefficient (Wildman–Crippen LogP) is 3.23. The average molecular weight is 274 g/mol. The summed E-state index contributed by atoms with van der Waals surface area (Å²) in [5.74, 6) is 1.14. The first-order valence-electron chi connectivity index (χ1n) is 6.44. The summed E-state index contributed by atoms with van der Waals surface area (Å²) < 4.78 is 16.0. The fourth-order valence-corrected chi connectivity index (χ4v) is 1.94. The summed E-state index contributed by atoms with van der Waals surface area (Å²) in [6.45, 7) is 3.98. The van der Waals surface area contributed by atoms with Crippen LogP contribution in [0.4, 0.5) is 0 Å². The monoisotopic (exact) mass is 274 g/mol. The summed E-state index contributed by atoms with van der Waals surface area (Å²) in [5, 5.41) is 0. The van der Waals surface area contributed by atoms with Crippen molar-refractivity contribution in [2.45, 2.75) is 19.8 Å². The molecule has 1 unspecified atom stereocenters. The minimum atomic E-state index is -0.562. The van der Waals surface area contributed by atoms with Crippen molar-refractivity contribution in [3.8, 4) is 5.75 Å². The van der Waals surface area contributed by atoms with E-state index >= 15 is 0 Å². The van der Waals surface area contributed by atoms with E-state index < -0.39 is 5.92 Å². The second kappa shape index (κ2) is 6.28. The lowest BCUT2D eigenvalue weighted by Gasteiger charge is -2.14. The van der Waals surface area contributed by atoms with Crippen LogP contribution in [0.5, 0.6) is 5.75 Å². The van der Waals surface area contributed by atoms with Crippen LogP contribution < -0.4 is 4.74 Å². The molecule has 0 aliphatic carbocycles. The Hall–Kier alpha value is -2.23. The van der Waals surface area contributed by atoms with Crippen LogP contribution in [0, 0.1) is 13.8 Å². The molecule has 2 rings (SSSR count). The molecule has 1 heterocycles. The van der Waals surface area contributed by atoms with E-state index in [0.717, 1.165) is 17.1 Å². The zero-order chi connectivity index (χ0) is 14.5. The highest BCUT2D eigenvalue weighted by Crippen LogP contribution is 2.23. The van der Waals surface area contributed by atoms with Gasteiger partial charge in [-0.3, -0.25) is 4.79 Å². The Morgan fingerprint density at radius 3 is 2.55 bits per heavy atom. The third kappa shape index (κ3) is 3.20. The van der Waals surface area contributed by atoms with Crippen molar-refractivity contribution in [3.05, 3.63) is 53.5 Å². The maximum Gasteiger partial charge on any atom is 0.319 e. The molecule has 106 valence electrons. The topological polar surface area (TPSA) is 48.7 Å². The van der Waals surface area contributed by atoms with Crippen molar-refractivity contribution >= 4 is 5.97 Å². The molecule has 1 aromatic carbocycles. The van der Waals surface area contributed by atoms with Gasteiger partial charge in [0, 0.05) is 0 Å². The molecule has 2 aromatic rings. The minimum Gasteiger partial charge on any atom is -0.492 e. The van der Waals surface area contributed by atoms with Crippen LogP contribution in [0.15, 0.2) is 40.8 Å². The summed E-state index contributed by atoms with van der Waals surface area (Å²) in [6.07, 6.45) is 0. The average Bonchev–Trinajstić information content (AvgIpc) is 2.87. The lowest BCUT2D eigenvalue weighted by Crippen LogP contribution is -2.21. The molecular weight excluding hydrogens is 256 g/mol. The molecule has 0 fully saturated rings. The smallest absolute Gasteiger partial charge is 0.319 e. The molecule has 1 aromatic heterocycles. The van der Waals surface area contributed by atoms with E-state index in [1.807, 2.05) is 44.2 Å². The Morgan fingerprint density at radius 2 is 1.95 bits per heavy atom. The van der Waals surface area contributed by atoms with Crippen LogP contribution >= 0.6 is 0 Å². The number of rotatable bonds is 5. The predicted molar refractivity (Wildman–Crippen MR) is 74.9 cm³/mol. The van der Waals surface area contributed by atoms with Gasteiger partial charge in [-0.1, -0.05) is 18.2 Å². The standard InChI is InChI=1S/C16H18O4/c1-11-6-4-5-7-14(11)19-10-13(16(17)18-3)15-9-8-12(2)20-15/h4-9,13H,10H2,1-3H3. The quantitative estimate of drug-likeness (QED) is 0.785. The van der Waals surface area contributed by atoms with Gasteiger partial charge in [-0.2, -0.15) is 0 Å². The lowest BCUT2D eigenvalue weighted by atomic mass is 10.1. The Labute approximate surface area is 118 Å². The van der Waals surface area contributed by atoms with Crippen molar-refractivity contribution in [2.24, 2.45) is 0 Å². The molecule has 0 amide bonds. The Morgan fingerprint density at radius 1 is 1.20 bits per heavy atom. The van der Waals surface area contributed by atoms with E-state index in [1.165, 1.54) is 7.11 Å². The van der Waals surface area contributed by atoms with Crippen molar-refractivity contribution in [2.75, 3.05) is 13.7 Å². The van der Waals surface area contributed by atoms with Gasteiger partial charge < -0.3 is 13.9 Å². The second-order valence-corrected chi connectivity index (χ2v) is 4.60. The molecule has 4 nitrogen and oxygen atoms in total. The first-order valence-corrected chi connectivity index (χ1v) is 6.44. The van der Waals surface area contributed by atoms with Crippen molar-refractivity contribution < 1.29 is 18.7 Å². The van der Waals surface area contributed by atoms with E-state index in [4.69, 9.17) is 13.9 Å². The molecule has 0 saturated carbocycles. The van der Waals surface area contributed by atoms with Gasteiger partial charge in [0.05, 0.1) is 7.11 Å². The van der Waals surface area contributed by atoms with E-state index in [9.17, 15) is 4.79 Å². The van der Waals surface area contributed by atoms with Crippen LogP contribution in [-0.2, 0) is 9.53 Å². The van der Waals surface area contributed by atoms with Crippen LogP contribution in [-0.4, -0.2) is 19.7 Å². The van der Waals surface area contributed by atoms with Gasteiger partial charge >= 0.3 is 5.97 Å². The van der Waals surface area contributed by atoms with E-state index in [-0.39, 0.29) is 12.6 Å². The number of carbonyl (C=O) groups excluding carboxylic acids is 1.